The highest BCUT2D eigenvalue weighted by Gasteiger charge is 2.15. The second-order valence-corrected chi connectivity index (χ2v) is 4.72. The van der Waals surface area contributed by atoms with E-state index in [1.165, 1.54) is 16.8 Å². The van der Waals surface area contributed by atoms with E-state index >= 15 is 0 Å². The van der Waals surface area contributed by atoms with E-state index in [4.69, 9.17) is 5.11 Å². The molecule has 7 nitrogen and oxygen atoms in total. The number of aromatic nitrogens is 4. The second kappa shape index (κ2) is 4.55. The van der Waals surface area contributed by atoms with E-state index in [-0.39, 0.29) is 11.3 Å². The lowest BCUT2D eigenvalue weighted by atomic mass is 10.2. The van der Waals surface area contributed by atoms with Crippen molar-refractivity contribution in [2.45, 2.75) is 6.92 Å². The van der Waals surface area contributed by atoms with Gasteiger partial charge < -0.3 is 9.67 Å². The van der Waals surface area contributed by atoms with Gasteiger partial charge in [0.25, 0.3) is 5.56 Å². The van der Waals surface area contributed by atoms with Crippen molar-refractivity contribution in [3.63, 3.8) is 0 Å². The third kappa shape index (κ3) is 2.08. The van der Waals surface area contributed by atoms with Gasteiger partial charge in [-0.05, 0) is 13.0 Å². The number of rotatable bonds is 2. The Morgan fingerprint density at radius 3 is 2.81 bits per heavy atom. The fourth-order valence-corrected chi connectivity index (χ4v) is 2.13. The molecule has 0 aromatic carbocycles. The summed E-state index contributed by atoms with van der Waals surface area (Å²) < 4.78 is 3.12. The van der Waals surface area contributed by atoms with E-state index in [1.807, 2.05) is 0 Å². The Morgan fingerprint density at radius 1 is 1.38 bits per heavy atom. The van der Waals surface area contributed by atoms with Crippen molar-refractivity contribution in [2.24, 2.45) is 7.05 Å². The molecule has 0 fully saturated rings. The Bertz CT molecular complexity index is 924. The van der Waals surface area contributed by atoms with Crippen molar-refractivity contribution < 1.29 is 9.90 Å². The van der Waals surface area contributed by atoms with Gasteiger partial charge in [-0.3, -0.25) is 14.2 Å². The normalized spacial score (nSPS) is 11.0. The maximum absolute atomic E-state index is 11.7. The molecule has 0 bridgehead atoms. The van der Waals surface area contributed by atoms with E-state index in [2.05, 4.69) is 9.97 Å². The van der Waals surface area contributed by atoms with Crippen LogP contribution in [-0.4, -0.2) is 30.0 Å². The fourth-order valence-electron chi connectivity index (χ4n) is 2.13. The molecule has 21 heavy (non-hydrogen) atoms. The minimum Gasteiger partial charge on any atom is -0.476 e. The van der Waals surface area contributed by atoms with Crippen LogP contribution in [0.1, 0.15) is 16.2 Å². The van der Waals surface area contributed by atoms with Crippen LogP contribution in [0.4, 0.5) is 0 Å². The molecule has 3 rings (SSSR count). The maximum atomic E-state index is 11.7. The summed E-state index contributed by atoms with van der Waals surface area (Å²) in [4.78, 5) is 31.0. The lowest BCUT2D eigenvalue weighted by Crippen LogP contribution is -2.14. The topological polar surface area (TPSA) is 89.5 Å². The molecule has 0 spiro atoms. The van der Waals surface area contributed by atoms with Crippen molar-refractivity contribution in [3.05, 3.63) is 52.5 Å². The summed E-state index contributed by atoms with van der Waals surface area (Å²) in [5, 5.41) is 9.08. The smallest absolute Gasteiger partial charge is 0.356 e. The molecule has 0 aliphatic carbocycles. The molecule has 0 saturated heterocycles. The Labute approximate surface area is 119 Å². The summed E-state index contributed by atoms with van der Waals surface area (Å²) in [6.07, 6.45) is 4.83. The van der Waals surface area contributed by atoms with Gasteiger partial charge in [-0.1, -0.05) is 0 Å². The molecule has 106 valence electrons. The summed E-state index contributed by atoms with van der Waals surface area (Å²) in [5.41, 5.74) is 2.09. The molecule has 7 heteroatoms. The van der Waals surface area contributed by atoms with Gasteiger partial charge in [0.05, 0.1) is 17.6 Å². The second-order valence-electron chi connectivity index (χ2n) is 4.72. The maximum Gasteiger partial charge on any atom is 0.356 e. The average molecular weight is 284 g/mol. The van der Waals surface area contributed by atoms with E-state index in [0.717, 1.165) is 0 Å². The van der Waals surface area contributed by atoms with Crippen molar-refractivity contribution in [1.29, 1.82) is 0 Å². The van der Waals surface area contributed by atoms with Crippen LogP contribution in [0.25, 0.3) is 16.9 Å². The van der Waals surface area contributed by atoms with Crippen molar-refractivity contribution in [1.82, 2.24) is 18.9 Å². The highest BCUT2D eigenvalue weighted by atomic mass is 16.4. The third-order valence-corrected chi connectivity index (χ3v) is 3.35. The van der Waals surface area contributed by atoms with Crippen LogP contribution in [0.3, 0.4) is 0 Å². The molecule has 3 aromatic heterocycles. The average Bonchev–Trinajstić information content (AvgIpc) is 2.79. The Morgan fingerprint density at radius 2 is 2.14 bits per heavy atom. The number of imidazole rings is 1. The van der Waals surface area contributed by atoms with Crippen LogP contribution < -0.4 is 5.56 Å². The number of aryl methyl sites for hydroxylation is 2. The quantitative estimate of drug-likeness (QED) is 0.761. The first-order valence-corrected chi connectivity index (χ1v) is 6.22. The Hall–Kier alpha value is -2.96. The zero-order valence-electron chi connectivity index (χ0n) is 11.4. The van der Waals surface area contributed by atoms with E-state index in [1.54, 1.807) is 36.8 Å². The van der Waals surface area contributed by atoms with Crippen LogP contribution in [-0.2, 0) is 7.05 Å². The lowest BCUT2D eigenvalue weighted by Gasteiger charge is -2.04. The number of pyridine rings is 1. The SMILES string of the molecule is Cc1c(C(=O)O)nc2cnc(-c3ccn(C)c(=O)c3)cn12. The predicted octanol–water partition coefficient (Wildman–Crippen LogP) is 1.10. The van der Waals surface area contributed by atoms with Crippen molar-refractivity contribution >= 4 is 11.6 Å². The van der Waals surface area contributed by atoms with Gasteiger partial charge in [-0.2, -0.15) is 0 Å². The third-order valence-electron chi connectivity index (χ3n) is 3.35. The summed E-state index contributed by atoms with van der Waals surface area (Å²) in [6.45, 7) is 1.68. The van der Waals surface area contributed by atoms with Crippen LogP contribution in [0.15, 0.2) is 35.5 Å². The molecule has 3 aromatic rings. The van der Waals surface area contributed by atoms with Crippen LogP contribution in [0.2, 0.25) is 0 Å². The van der Waals surface area contributed by atoms with Crippen molar-refractivity contribution in [3.8, 4) is 11.3 Å². The number of hydrogen-bond donors (Lipinski definition) is 1. The van der Waals surface area contributed by atoms with E-state index in [9.17, 15) is 9.59 Å². The number of hydrogen-bond acceptors (Lipinski definition) is 4. The van der Waals surface area contributed by atoms with Crippen LogP contribution in [0, 0.1) is 6.92 Å². The predicted molar refractivity (Wildman–Crippen MR) is 75.4 cm³/mol. The minimum absolute atomic E-state index is 0.00192. The Kier molecular flexibility index (Phi) is 2.83. The molecule has 3 heterocycles. The fraction of sp³-hybridized carbons (Fsp3) is 0.143. The minimum atomic E-state index is -1.08. The summed E-state index contributed by atoms with van der Waals surface area (Å²) in [6, 6.07) is 3.26. The van der Waals surface area contributed by atoms with E-state index < -0.39 is 5.97 Å². The van der Waals surface area contributed by atoms with Crippen LogP contribution in [0.5, 0.6) is 0 Å². The lowest BCUT2D eigenvalue weighted by molar-refractivity contribution is 0.0690. The van der Waals surface area contributed by atoms with Gasteiger partial charge >= 0.3 is 5.97 Å². The highest BCUT2D eigenvalue weighted by Crippen LogP contribution is 2.18. The summed E-state index contributed by atoms with van der Waals surface area (Å²) in [7, 11) is 1.67. The standard InChI is InChI=1S/C14H12N4O3/c1-8-13(14(20)21)16-11-6-15-10(7-18(8)11)9-3-4-17(2)12(19)5-9/h3-7H,1-2H3,(H,20,21). The molecule has 1 N–H and O–H groups in total. The summed E-state index contributed by atoms with van der Waals surface area (Å²) in [5.74, 6) is -1.08. The monoisotopic (exact) mass is 284 g/mol. The highest BCUT2D eigenvalue weighted by molar-refractivity contribution is 5.87. The van der Waals surface area contributed by atoms with Gasteiger partial charge in [-0.15, -0.1) is 0 Å². The Balaban J connectivity index is 2.20. The van der Waals surface area contributed by atoms with Gasteiger partial charge in [0.15, 0.2) is 11.3 Å². The number of carboxylic acid groups (broad SMARTS) is 1. The zero-order chi connectivity index (χ0) is 15.1. The number of carboxylic acids is 1. The van der Waals surface area contributed by atoms with Gasteiger partial charge in [-0.25, -0.2) is 9.78 Å². The molecule has 0 aliphatic heterocycles. The number of nitrogens with zero attached hydrogens (tertiary/aromatic N) is 4. The van der Waals surface area contributed by atoms with Crippen LogP contribution >= 0.6 is 0 Å². The van der Waals surface area contributed by atoms with Gasteiger partial charge in [0.1, 0.15) is 0 Å². The van der Waals surface area contributed by atoms with Crippen molar-refractivity contribution in [2.75, 3.05) is 0 Å². The number of fused-ring (bicyclic) bond motifs is 1. The molecule has 0 radical (unpaired) electrons. The molecule has 0 aliphatic rings. The molecule has 0 amide bonds. The number of aromatic carboxylic acids is 1. The van der Waals surface area contributed by atoms with Gasteiger partial charge in [0, 0.05) is 31.1 Å². The molecular formula is C14H12N4O3. The molecule has 0 saturated carbocycles. The first kappa shape index (κ1) is 13.0. The number of carbonyl (C=O) groups is 1. The molecule has 0 atom stereocenters. The first-order valence-electron chi connectivity index (χ1n) is 6.22. The molecular weight excluding hydrogens is 272 g/mol. The van der Waals surface area contributed by atoms with Gasteiger partial charge in [0.2, 0.25) is 0 Å². The zero-order valence-corrected chi connectivity index (χ0v) is 11.4. The summed E-state index contributed by atoms with van der Waals surface area (Å²) >= 11 is 0. The first-order chi connectivity index (χ1) is 9.97. The largest absolute Gasteiger partial charge is 0.476 e. The molecule has 0 unspecified atom stereocenters. The van der Waals surface area contributed by atoms with E-state index in [0.29, 0.717) is 22.6 Å².